The number of anilines is 1. The van der Waals surface area contributed by atoms with Crippen molar-refractivity contribution in [1.82, 2.24) is 5.32 Å². The van der Waals surface area contributed by atoms with Gasteiger partial charge in [-0.1, -0.05) is 12.1 Å². The summed E-state index contributed by atoms with van der Waals surface area (Å²) in [5.41, 5.74) is 1.83. The van der Waals surface area contributed by atoms with Crippen LogP contribution in [0, 0.1) is 17.8 Å². The molecule has 1 aromatic rings. The third kappa shape index (κ3) is 3.71. The molecule has 4 aliphatic carbocycles. The molecule has 5 rings (SSSR count). The predicted molar refractivity (Wildman–Crippen MR) is 111 cm³/mol. The highest BCUT2D eigenvalue weighted by molar-refractivity contribution is 7.90. The van der Waals surface area contributed by atoms with E-state index >= 15 is 0 Å². The third-order valence-electron chi connectivity index (χ3n) is 6.91. The van der Waals surface area contributed by atoms with Gasteiger partial charge in [0.2, 0.25) is 5.91 Å². The van der Waals surface area contributed by atoms with Gasteiger partial charge < -0.3 is 10.6 Å². The quantitative estimate of drug-likeness (QED) is 0.687. The molecule has 1 aromatic carbocycles. The molecule has 0 aromatic heterocycles. The van der Waals surface area contributed by atoms with Crippen LogP contribution in [-0.2, 0) is 20.0 Å². The Morgan fingerprint density at radius 2 is 1.79 bits per heavy atom. The SMILES string of the molecule is C=CCNC(=O)CNc1ccc(C23CC4CC(CC(C4)C2)C3)cc1S(C)(=O)=O. The molecule has 0 atom stereocenters. The molecule has 28 heavy (non-hydrogen) atoms. The summed E-state index contributed by atoms with van der Waals surface area (Å²) < 4.78 is 25.0. The fourth-order valence-electron chi connectivity index (χ4n) is 6.19. The van der Waals surface area contributed by atoms with Crippen LogP contribution in [0.25, 0.3) is 0 Å². The van der Waals surface area contributed by atoms with E-state index < -0.39 is 9.84 Å². The van der Waals surface area contributed by atoms with E-state index in [0.29, 0.717) is 17.1 Å². The Morgan fingerprint density at radius 1 is 1.18 bits per heavy atom. The van der Waals surface area contributed by atoms with Crippen LogP contribution in [0.1, 0.15) is 44.1 Å². The van der Waals surface area contributed by atoms with E-state index in [9.17, 15) is 13.2 Å². The maximum absolute atomic E-state index is 12.5. The van der Waals surface area contributed by atoms with E-state index in [2.05, 4.69) is 23.3 Å². The highest BCUT2D eigenvalue weighted by atomic mass is 32.2. The summed E-state index contributed by atoms with van der Waals surface area (Å²) in [6, 6.07) is 5.82. The molecule has 4 fully saturated rings. The van der Waals surface area contributed by atoms with E-state index in [-0.39, 0.29) is 17.9 Å². The smallest absolute Gasteiger partial charge is 0.239 e. The number of hydrogen-bond donors (Lipinski definition) is 2. The number of amides is 1. The highest BCUT2D eigenvalue weighted by Gasteiger charge is 2.51. The molecule has 0 unspecified atom stereocenters. The van der Waals surface area contributed by atoms with Crippen molar-refractivity contribution in [2.24, 2.45) is 17.8 Å². The largest absolute Gasteiger partial charge is 0.375 e. The van der Waals surface area contributed by atoms with Gasteiger partial charge in [-0.25, -0.2) is 8.42 Å². The van der Waals surface area contributed by atoms with Crippen LogP contribution in [0.4, 0.5) is 5.69 Å². The summed E-state index contributed by atoms with van der Waals surface area (Å²) in [6.45, 7) is 4.00. The van der Waals surface area contributed by atoms with Gasteiger partial charge in [0.1, 0.15) is 0 Å². The summed E-state index contributed by atoms with van der Waals surface area (Å²) in [5, 5.41) is 5.70. The lowest BCUT2D eigenvalue weighted by atomic mass is 9.48. The molecule has 0 spiro atoms. The summed E-state index contributed by atoms with van der Waals surface area (Å²) in [4.78, 5) is 12.2. The summed E-state index contributed by atoms with van der Waals surface area (Å²) >= 11 is 0. The molecule has 0 saturated heterocycles. The molecule has 0 aliphatic heterocycles. The summed E-state index contributed by atoms with van der Waals surface area (Å²) in [7, 11) is -3.40. The van der Waals surface area contributed by atoms with Gasteiger partial charge in [0.05, 0.1) is 17.1 Å². The van der Waals surface area contributed by atoms with E-state index in [0.717, 1.165) is 17.8 Å². The van der Waals surface area contributed by atoms with Crippen molar-refractivity contribution in [2.75, 3.05) is 24.7 Å². The van der Waals surface area contributed by atoms with Gasteiger partial charge in [-0.2, -0.15) is 0 Å². The maximum atomic E-state index is 12.5. The first-order valence-corrected chi connectivity index (χ1v) is 12.1. The Morgan fingerprint density at radius 3 is 2.32 bits per heavy atom. The number of sulfone groups is 1. The maximum Gasteiger partial charge on any atom is 0.239 e. The van der Waals surface area contributed by atoms with Crippen molar-refractivity contribution in [3.63, 3.8) is 0 Å². The van der Waals surface area contributed by atoms with Crippen LogP contribution < -0.4 is 10.6 Å². The number of hydrogen-bond acceptors (Lipinski definition) is 4. The van der Waals surface area contributed by atoms with Crippen molar-refractivity contribution in [3.8, 4) is 0 Å². The van der Waals surface area contributed by atoms with Gasteiger partial charge in [0.15, 0.2) is 9.84 Å². The van der Waals surface area contributed by atoms with E-state index in [1.54, 1.807) is 6.08 Å². The normalized spacial score (nSPS) is 30.8. The first-order valence-electron chi connectivity index (χ1n) is 10.2. The molecule has 1 amide bonds. The van der Waals surface area contributed by atoms with Crippen molar-refractivity contribution in [2.45, 2.75) is 48.8 Å². The lowest BCUT2D eigenvalue weighted by Crippen LogP contribution is -2.48. The Kier molecular flexibility index (Phi) is 5.02. The molecule has 4 aliphatic rings. The zero-order valence-corrected chi connectivity index (χ0v) is 17.4. The lowest BCUT2D eigenvalue weighted by molar-refractivity contribution is -0.119. The topological polar surface area (TPSA) is 75.3 Å². The van der Waals surface area contributed by atoms with Crippen LogP contribution >= 0.6 is 0 Å². The van der Waals surface area contributed by atoms with Crippen molar-refractivity contribution in [3.05, 3.63) is 36.4 Å². The van der Waals surface area contributed by atoms with E-state index in [4.69, 9.17) is 0 Å². The van der Waals surface area contributed by atoms with Gasteiger partial charge >= 0.3 is 0 Å². The van der Waals surface area contributed by atoms with Crippen LogP contribution in [0.5, 0.6) is 0 Å². The number of carbonyl (C=O) groups is 1. The molecule has 6 heteroatoms. The molecule has 152 valence electrons. The second kappa shape index (κ2) is 7.21. The monoisotopic (exact) mass is 402 g/mol. The standard InChI is InChI=1S/C22H30N2O3S/c1-3-6-23-21(25)14-24-19-5-4-18(10-20(19)28(2,26)27)22-11-15-7-16(12-22)9-17(8-15)13-22/h3-5,10,15-17,24H,1,6-9,11-14H2,2H3,(H,23,25). The molecule has 5 nitrogen and oxygen atoms in total. The number of rotatable bonds is 7. The minimum atomic E-state index is -3.40. The Labute approximate surface area is 167 Å². The average molecular weight is 403 g/mol. The Bertz CT molecular complexity index is 856. The van der Waals surface area contributed by atoms with Gasteiger partial charge in [-0.3, -0.25) is 4.79 Å². The number of carbonyl (C=O) groups excluding carboxylic acids is 1. The third-order valence-corrected chi connectivity index (χ3v) is 8.05. The number of benzene rings is 1. The van der Waals surface area contributed by atoms with E-state index in [1.165, 1.54) is 50.3 Å². The second-order valence-electron chi connectivity index (χ2n) is 9.13. The van der Waals surface area contributed by atoms with Gasteiger partial charge in [-0.15, -0.1) is 6.58 Å². The van der Waals surface area contributed by atoms with Crippen molar-refractivity contribution >= 4 is 21.4 Å². The summed E-state index contributed by atoms with van der Waals surface area (Å²) in [6.07, 6.45) is 10.5. The minimum Gasteiger partial charge on any atom is -0.375 e. The molecular formula is C22H30N2O3S. The molecule has 0 radical (unpaired) electrons. The summed E-state index contributed by atoms with van der Waals surface area (Å²) in [5.74, 6) is 2.22. The first kappa shape index (κ1) is 19.5. The molecule has 0 heterocycles. The van der Waals surface area contributed by atoms with Crippen molar-refractivity contribution < 1.29 is 13.2 Å². The highest BCUT2D eigenvalue weighted by Crippen LogP contribution is 2.60. The molecule has 2 N–H and O–H groups in total. The fraction of sp³-hybridized carbons (Fsp3) is 0.591. The Balaban J connectivity index is 1.61. The van der Waals surface area contributed by atoms with Gasteiger partial charge in [0.25, 0.3) is 0 Å². The van der Waals surface area contributed by atoms with Crippen LogP contribution in [-0.4, -0.2) is 33.7 Å². The number of nitrogens with one attached hydrogen (secondary N) is 2. The predicted octanol–water partition coefficient (Wildman–Crippen LogP) is 3.27. The van der Waals surface area contributed by atoms with Crippen LogP contribution in [0.3, 0.4) is 0 Å². The van der Waals surface area contributed by atoms with Crippen LogP contribution in [0.2, 0.25) is 0 Å². The average Bonchev–Trinajstić information content (AvgIpc) is 2.62. The second-order valence-corrected chi connectivity index (χ2v) is 11.1. The first-order chi connectivity index (χ1) is 13.3. The van der Waals surface area contributed by atoms with Crippen LogP contribution in [0.15, 0.2) is 35.7 Å². The Hall–Kier alpha value is -1.82. The minimum absolute atomic E-state index is 0.0348. The lowest BCUT2D eigenvalue weighted by Gasteiger charge is -2.57. The van der Waals surface area contributed by atoms with Crippen molar-refractivity contribution in [1.29, 1.82) is 0 Å². The zero-order chi connectivity index (χ0) is 19.9. The molecule has 4 saturated carbocycles. The zero-order valence-electron chi connectivity index (χ0n) is 16.5. The van der Waals surface area contributed by atoms with Gasteiger partial charge in [-0.05, 0) is 79.4 Å². The fourth-order valence-corrected chi connectivity index (χ4v) is 7.07. The molecule has 4 bridgehead atoms. The van der Waals surface area contributed by atoms with Gasteiger partial charge in [0, 0.05) is 12.8 Å². The molecular weight excluding hydrogens is 372 g/mol. The van der Waals surface area contributed by atoms with E-state index in [1.807, 2.05) is 12.1 Å².